The van der Waals surface area contributed by atoms with Crippen molar-refractivity contribution in [3.8, 4) is 89.4 Å². The normalized spacial score (nSPS) is 13.2. The number of benzene rings is 7. The first kappa shape index (κ1) is 43.5. The quantitative estimate of drug-likeness (QED) is 0.136. The van der Waals surface area contributed by atoms with E-state index in [1.165, 1.54) is 66.8 Å². The summed E-state index contributed by atoms with van der Waals surface area (Å²) in [7, 11) is -1.57. The SMILES string of the molecule is C[Si](C)(C)C#Cc1ccc(-c2c3nc(c(-c4ccc5c(c4)Cc4ccccc4-5)c4ccc([nH]4)c(-c4ccc5c(c4)Cc4ccccc4-5)c4nc(c(-c5ccc6c(c5)Cc5ccccc5-6)c5ccc2[nH]5)C=C4)C=C3)cc1. The molecular formula is C70H50N4Si. The summed E-state index contributed by atoms with van der Waals surface area (Å²) in [4.78, 5) is 19.4. The molecule has 5 heterocycles. The minimum absolute atomic E-state index is 0.890. The average Bonchev–Trinajstić information content (AvgIpc) is 4.33. The maximum atomic E-state index is 5.71. The van der Waals surface area contributed by atoms with Crippen molar-refractivity contribution < 1.29 is 0 Å². The number of nitrogens with zero attached hydrogens (tertiary/aromatic N) is 2. The van der Waals surface area contributed by atoms with E-state index in [1.807, 2.05) is 0 Å². The molecule has 2 aliphatic heterocycles. The second kappa shape index (κ2) is 16.7. The van der Waals surface area contributed by atoms with Crippen molar-refractivity contribution in [1.82, 2.24) is 19.9 Å². The number of hydrogen-bond acceptors (Lipinski definition) is 2. The molecule has 3 aliphatic carbocycles. The number of aromatic amines is 2. The van der Waals surface area contributed by atoms with E-state index in [0.29, 0.717) is 0 Å². The molecule has 15 rings (SSSR count). The van der Waals surface area contributed by atoms with Gasteiger partial charge in [-0.25, -0.2) is 9.97 Å². The third-order valence-corrected chi connectivity index (χ3v) is 16.6. The molecule has 8 bridgehead atoms. The minimum Gasteiger partial charge on any atom is -0.354 e. The Hall–Kier alpha value is -9.08. The van der Waals surface area contributed by atoms with Gasteiger partial charge in [-0.05, 0) is 169 Å². The lowest BCUT2D eigenvalue weighted by atomic mass is 9.98. The van der Waals surface area contributed by atoms with Crippen LogP contribution in [0.15, 0.2) is 176 Å². The molecule has 0 spiro atoms. The van der Waals surface area contributed by atoms with E-state index in [4.69, 9.17) is 9.97 Å². The van der Waals surface area contributed by atoms with Crippen molar-refractivity contribution in [2.75, 3.05) is 0 Å². The Morgan fingerprint density at radius 1 is 0.347 bits per heavy atom. The summed E-state index contributed by atoms with van der Waals surface area (Å²) in [6.07, 6.45) is 11.5. The maximum Gasteiger partial charge on any atom is 0.129 e. The summed E-state index contributed by atoms with van der Waals surface area (Å²) < 4.78 is 0. The highest BCUT2D eigenvalue weighted by Crippen LogP contribution is 2.45. The van der Waals surface area contributed by atoms with Crippen molar-refractivity contribution >= 4 is 54.4 Å². The molecule has 7 aromatic carbocycles. The van der Waals surface area contributed by atoms with Gasteiger partial charge in [0, 0.05) is 49.9 Å². The highest BCUT2D eigenvalue weighted by Gasteiger charge is 2.25. The Morgan fingerprint density at radius 3 is 1.03 bits per heavy atom. The topological polar surface area (TPSA) is 57.4 Å². The largest absolute Gasteiger partial charge is 0.354 e. The number of hydrogen-bond donors (Lipinski definition) is 2. The van der Waals surface area contributed by atoms with Gasteiger partial charge in [-0.3, -0.25) is 0 Å². The van der Waals surface area contributed by atoms with Gasteiger partial charge in [0.1, 0.15) is 8.07 Å². The lowest BCUT2D eigenvalue weighted by molar-refractivity contribution is 1.26. The van der Waals surface area contributed by atoms with Crippen LogP contribution in [0.1, 0.15) is 61.7 Å². The van der Waals surface area contributed by atoms with Gasteiger partial charge in [0.15, 0.2) is 0 Å². The summed E-state index contributed by atoms with van der Waals surface area (Å²) in [5.74, 6) is 3.48. The first-order chi connectivity index (χ1) is 36.7. The molecule has 0 fully saturated rings. The minimum atomic E-state index is -1.57. The lowest BCUT2D eigenvalue weighted by Gasteiger charge is -2.10. The van der Waals surface area contributed by atoms with Crippen LogP contribution >= 0.6 is 0 Å². The first-order valence-electron chi connectivity index (χ1n) is 26.2. The Morgan fingerprint density at radius 2 is 0.667 bits per heavy atom. The van der Waals surface area contributed by atoms with Gasteiger partial charge in [0.05, 0.1) is 22.8 Å². The maximum absolute atomic E-state index is 5.71. The van der Waals surface area contributed by atoms with Crippen molar-refractivity contribution in [3.63, 3.8) is 0 Å². The van der Waals surface area contributed by atoms with Crippen LogP contribution in [-0.2, 0) is 19.3 Å². The van der Waals surface area contributed by atoms with Crippen molar-refractivity contribution in [2.45, 2.75) is 38.9 Å². The fourth-order valence-corrected chi connectivity index (χ4v) is 12.8. The summed E-state index contributed by atoms with van der Waals surface area (Å²) in [6, 6.07) is 65.1. The highest BCUT2D eigenvalue weighted by molar-refractivity contribution is 6.83. The van der Waals surface area contributed by atoms with E-state index >= 15 is 0 Å². The van der Waals surface area contributed by atoms with E-state index in [1.54, 1.807) is 0 Å². The molecule has 2 N–H and O–H groups in total. The highest BCUT2D eigenvalue weighted by atomic mass is 28.3. The Balaban J connectivity index is 1.02. The molecule has 75 heavy (non-hydrogen) atoms. The van der Waals surface area contributed by atoms with E-state index in [0.717, 1.165) is 114 Å². The van der Waals surface area contributed by atoms with Gasteiger partial charge in [0.2, 0.25) is 0 Å². The summed E-state index contributed by atoms with van der Waals surface area (Å²) >= 11 is 0. The van der Waals surface area contributed by atoms with Gasteiger partial charge in [-0.15, -0.1) is 5.54 Å². The Bertz CT molecular complexity index is 4330. The smallest absolute Gasteiger partial charge is 0.129 e. The van der Waals surface area contributed by atoms with Crippen LogP contribution in [0.3, 0.4) is 0 Å². The van der Waals surface area contributed by atoms with Crippen LogP contribution in [0.2, 0.25) is 19.6 Å². The molecule has 0 saturated carbocycles. The molecule has 0 radical (unpaired) electrons. The number of nitrogens with one attached hydrogen (secondary N) is 2. The molecule has 0 saturated heterocycles. The van der Waals surface area contributed by atoms with Crippen molar-refractivity contribution in [3.05, 3.63) is 238 Å². The van der Waals surface area contributed by atoms with Crippen molar-refractivity contribution in [1.29, 1.82) is 0 Å². The zero-order valence-corrected chi connectivity index (χ0v) is 43.1. The number of aromatic nitrogens is 4. The third-order valence-electron chi connectivity index (χ3n) is 15.8. The standard InChI is InChI=1S/C70H50N4Si/c1-75(2,3)35-34-42-16-18-43(19-17-42)67-59-26-28-61(71-59)68(47-20-23-56-50(39-47)36-44-10-4-7-13-53(44)56)63-30-32-65(73-63)70(49-22-25-58-52(41-49)38-46-12-6-9-15-55(46)58)66-33-31-64(74-66)69(62-29-27-60(67)72-62)48-21-24-57-51(40-48)37-45-11-5-8-14-54(45)57/h4-33,39-41,71,74H,36-38H2,1-3H3. The zero-order valence-electron chi connectivity index (χ0n) is 42.1. The van der Waals surface area contributed by atoms with E-state index in [-0.39, 0.29) is 0 Å². The number of fused-ring (bicyclic) bond motifs is 17. The van der Waals surface area contributed by atoms with E-state index in [2.05, 4.69) is 241 Å². The van der Waals surface area contributed by atoms with Crippen LogP contribution in [0.25, 0.3) is 124 Å². The molecular weight excluding hydrogens is 925 g/mol. The summed E-state index contributed by atoms with van der Waals surface area (Å²) in [6.45, 7) is 6.86. The van der Waals surface area contributed by atoms with Gasteiger partial charge < -0.3 is 9.97 Å². The fraction of sp³-hybridized carbons (Fsp3) is 0.0857. The van der Waals surface area contributed by atoms with Gasteiger partial charge >= 0.3 is 0 Å². The molecule has 0 atom stereocenters. The third kappa shape index (κ3) is 7.36. The predicted molar refractivity (Wildman–Crippen MR) is 316 cm³/mol. The molecule has 5 heteroatoms. The molecule has 0 unspecified atom stereocenters. The molecule has 354 valence electrons. The molecule has 0 amide bonds. The zero-order chi connectivity index (χ0) is 49.9. The molecule has 4 nitrogen and oxygen atoms in total. The van der Waals surface area contributed by atoms with Crippen LogP contribution in [0.5, 0.6) is 0 Å². The fourth-order valence-electron chi connectivity index (χ4n) is 12.3. The second-order valence-corrected chi connectivity index (χ2v) is 26.4. The average molecular weight is 975 g/mol. The number of rotatable bonds is 4. The van der Waals surface area contributed by atoms with Crippen LogP contribution in [0, 0.1) is 11.5 Å². The van der Waals surface area contributed by atoms with E-state index < -0.39 is 8.07 Å². The van der Waals surface area contributed by atoms with Crippen LogP contribution < -0.4 is 0 Å². The Kier molecular flexibility index (Phi) is 9.70. The lowest BCUT2D eigenvalue weighted by Crippen LogP contribution is -2.16. The summed E-state index contributed by atoms with van der Waals surface area (Å²) in [5, 5.41) is 0. The second-order valence-electron chi connectivity index (χ2n) is 21.7. The predicted octanol–water partition coefficient (Wildman–Crippen LogP) is 17.3. The van der Waals surface area contributed by atoms with E-state index in [9.17, 15) is 0 Å². The molecule has 10 aromatic rings. The number of H-pyrrole nitrogens is 2. The summed E-state index contributed by atoms with van der Waals surface area (Å²) in [5.41, 5.74) is 36.7. The van der Waals surface area contributed by atoms with Crippen molar-refractivity contribution in [2.24, 2.45) is 0 Å². The Labute approximate surface area is 437 Å². The molecule has 5 aliphatic rings. The van der Waals surface area contributed by atoms with Crippen LogP contribution in [0.4, 0.5) is 0 Å². The van der Waals surface area contributed by atoms with Gasteiger partial charge in [-0.2, -0.15) is 0 Å². The van der Waals surface area contributed by atoms with Gasteiger partial charge in [-0.1, -0.05) is 165 Å². The van der Waals surface area contributed by atoms with Gasteiger partial charge in [0.25, 0.3) is 0 Å². The van der Waals surface area contributed by atoms with Crippen LogP contribution in [-0.4, -0.2) is 28.0 Å². The molecule has 3 aromatic heterocycles. The first-order valence-corrected chi connectivity index (χ1v) is 29.7. The monoisotopic (exact) mass is 974 g/mol.